The molecule has 0 fully saturated rings. The van der Waals surface area contributed by atoms with Crippen LogP contribution < -0.4 is 0 Å². The molecule has 0 radical (unpaired) electrons. The van der Waals surface area contributed by atoms with Crippen LogP contribution in [0.25, 0.3) is 0 Å². The van der Waals surface area contributed by atoms with Crippen molar-refractivity contribution in [2.24, 2.45) is 0 Å². The lowest BCUT2D eigenvalue weighted by atomic mass is 10.2. The maximum absolute atomic E-state index is 10.4. The van der Waals surface area contributed by atoms with E-state index in [1.807, 2.05) is 0 Å². The van der Waals surface area contributed by atoms with Crippen molar-refractivity contribution < 1.29 is 9.53 Å². The molecule has 0 saturated heterocycles. The number of carbonyl (C=O) groups is 1. The van der Waals surface area contributed by atoms with Gasteiger partial charge < -0.3 is 4.74 Å². The van der Waals surface area contributed by atoms with Gasteiger partial charge in [-0.2, -0.15) is 0 Å². The van der Waals surface area contributed by atoms with Gasteiger partial charge in [0.1, 0.15) is 5.78 Å². The molecule has 1 atom stereocenters. The molecule has 0 bridgehead atoms. The number of carbonyl (C=O) groups excluding carboxylic acids is 1. The van der Waals surface area contributed by atoms with Crippen LogP contribution in [0.5, 0.6) is 0 Å². The summed E-state index contributed by atoms with van der Waals surface area (Å²) < 4.78 is 4.86. The number of alkyl halides is 1. The Morgan fingerprint density at radius 1 is 1.78 bits per heavy atom. The molecule has 0 spiro atoms. The number of rotatable bonds is 4. The van der Waals surface area contributed by atoms with Crippen LogP contribution in [0.1, 0.15) is 13.3 Å². The minimum Gasteiger partial charge on any atom is -0.380 e. The average Bonchev–Trinajstić information content (AvgIpc) is 1.82. The number of halogens is 1. The molecule has 2 nitrogen and oxygen atoms in total. The van der Waals surface area contributed by atoms with E-state index in [1.54, 1.807) is 7.11 Å². The van der Waals surface area contributed by atoms with Gasteiger partial charge in [-0.3, -0.25) is 4.79 Å². The minimum absolute atomic E-state index is 0.107. The van der Waals surface area contributed by atoms with E-state index >= 15 is 0 Å². The topological polar surface area (TPSA) is 26.3 Å². The van der Waals surface area contributed by atoms with E-state index in [-0.39, 0.29) is 11.9 Å². The number of methoxy groups -OCH3 is 1. The molecule has 0 aromatic heterocycles. The average molecular weight is 151 g/mol. The van der Waals surface area contributed by atoms with Gasteiger partial charge in [-0.15, -0.1) is 11.6 Å². The molecule has 0 amide bonds. The summed E-state index contributed by atoms with van der Waals surface area (Å²) in [5.41, 5.74) is 0. The Bertz CT molecular complexity index is 89.1. The third-order valence-electron chi connectivity index (χ3n) is 1.02. The molecule has 0 aliphatic rings. The Hall–Kier alpha value is -0.0800. The second-order valence-corrected chi connectivity index (χ2v) is 2.23. The molecular formula is C6H11ClO2. The molecule has 0 aromatic carbocycles. The Morgan fingerprint density at radius 2 is 2.33 bits per heavy atom. The van der Waals surface area contributed by atoms with Crippen molar-refractivity contribution in [3.8, 4) is 0 Å². The molecular weight excluding hydrogens is 140 g/mol. The normalized spacial score (nSPS) is 13.2. The fourth-order valence-electron chi connectivity index (χ4n) is 0.521. The van der Waals surface area contributed by atoms with Gasteiger partial charge in [0.05, 0.1) is 6.10 Å². The van der Waals surface area contributed by atoms with Crippen molar-refractivity contribution in [3.05, 3.63) is 0 Å². The van der Waals surface area contributed by atoms with Gasteiger partial charge in [0.25, 0.3) is 0 Å². The second kappa shape index (κ2) is 4.77. The van der Waals surface area contributed by atoms with E-state index in [9.17, 15) is 4.79 Å². The molecule has 54 valence electrons. The Labute approximate surface area is 60.1 Å². The summed E-state index contributed by atoms with van der Waals surface area (Å²) in [6.07, 6.45) is 0.309. The first-order valence-electron chi connectivity index (χ1n) is 2.79. The molecule has 0 saturated carbocycles. The highest BCUT2D eigenvalue weighted by Crippen LogP contribution is 1.99. The number of ether oxygens (including phenoxy) is 1. The number of hydrogen-bond acceptors (Lipinski definition) is 2. The summed E-state index contributed by atoms with van der Waals surface area (Å²) in [7, 11) is 1.55. The largest absolute Gasteiger partial charge is 0.380 e. The fourth-order valence-corrected chi connectivity index (χ4v) is 0.757. The SMILES string of the molecule is COC(CCl)CC(C)=O. The molecule has 0 heterocycles. The smallest absolute Gasteiger partial charge is 0.132 e. The van der Waals surface area contributed by atoms with Crippen LogP contribution in [-0.4, -0.2) is 24.9 Å². The van der Waals surface area contributed by atoms with Gasteiger partial charge in [0.15, 0.2) is 0 Å². The van der Waals surface area contributed by atoms with Gasteiger partial charge in [0, 0.05) is 19.4 Å². The van der Waals surface area contributed by atoms with Crippen molar-refractivity contribution in [1.82, 2.24) is 0 Å². The highest BCUT2D eigenvalue weighted by molar-refractivity contribution is 6.18. The van der Waals surface area contributed by atoms with Crippen LogP contribution in [0.4, 0.5) is 0 Å². The van der Waals surface area contributed by atoms with Crippen LogP contribution in [0.3, 0.4) is 0 Å². The summed E-state index contributed by atoms with van der Waals surface area (Å²) in [5.74, 6) is 0.498. The summed E-state index contributed by atoms with van der Waals surface area (Å²) >= 11 is 5.43. The molecule has 0 aliphatic carbocycles. The van der Waals surface area contributed by atoms with E-state index in [2.05, 4.69) is 0 Å². The van der Waals surface area contributed by atoms with Crippen molar-refractivity contribution in [1.29, 1.82) is 0 Å². The highest BCUT2D eigenvalue weighted by Gasteiger charge is 2.06. The van der Waals surface area contributed by atoms with E-state index < -0.39 is 0 Å². The number of Topliss-reactive ketones (excluding diaryl/α,β-unsaturated/α-hetero) is 1. The number of ketones is 1. The third-order valence-corrected chi connectivity index (χ3v) is 1.36. The zero-order valence-electron chi connectivity index (χ0n) is 5.69. The Morgan fingerprint density at radius 3 is 2.44 bits per heavy atom. The molecule has 0 aliphatic heterocycles. The molecule has 9 heavy (non-hydrogen) atoms. The summed E-state index contributed by atoms with van der Waals surface area (Å²) in [6.45, 7) is 1.53. The van der Waals surface area contributed by atoms with Crippen molar-refractivity contribution in [2.75, 3.05) is 13.0 Å². The van der Waals surface area contributed by atoms with Crippen LogP contribution in [0.15, 0.2) is 0 Å². The lowest BCUT2D eigenvalue weighted by Gasteiger charge is -2.07. The van der Waals surface area contributed by atoms with E-state index in [1.165, 1.54) is 6.92 Å². The first-order valence-corrected chi connectivity index (χ1v) is 3.32. The van der Waals surface area contributed by atoms with Crippen molar-refractivity contribution in [3.63, 3.8) is 0 Å². The van der Waals surface area contributed by atoms with Gasteiger partial charge in [-0.25, -0.2) is 0 Å². The summed E-state index contributed by atoms with van der Waals surface area (Å²) in [4.78, 5) is 10.4. The lowest BCUT2D eigenvalue weighted by Crippen LogP contribution is -2.15. The summed E-state index contributed by atoms with van der Waals surface area (Å²) in [6, 6.07) is 0. The first-order chi connectivity index (χ1) is 4.20. The van der Waals surface area contributed by atoms with Crippen LogP contribution in [0, 0.1) is 0 Å². The molecule has 0 N–H and O–H groups in total. The predicted molar refractivity (Wildman–Crippen MR) is 36.8 cm³/mol. The zero-order valence-corrected chi connectivity index (χ0v) is 6.44. The molecule has 0 rings (SSSR count). The van der Waals surface area contributed by atoms with E-state index in [0.29, 0.717) is 12.3 Å². The van der Waals surface area contributed by atoms with Crippen molar-refractivity contribution in [2.45, 2.75) is 19.4 Å². The van der Waals surface area contributed by atoms with Gasteiger partial charge in [0.2, 0.25) is 0 Å². The monoisotopic (exact) mass is 150 g/mol. The Balaban J connectivity index is 3.43. The first kappa shape index (κ1) is 8.92. The second-order valence-electron chi connectivity index (χ2n) is 1.92. The molecule has 3 heteroatoms. The van der Waals surface area contributed by atoms with Crippen LogP contribution in [0.2, 0.25) is 0 Å². The maximum Gasteiger partial charge on any atom is 0.132 e. The van der Waals surface area contributed by atoms with E-state index in [4.69, 9.17) is 16.3 Å². The standard InChI is InChI=1S/C6H11ClO2/c1-5(8)3-6(4-7)9-2/h6H,3-4H2,1-2H3. The van der Waals surface area contributed by atoms with E-state index in [0.717, 1.165) is 0 Å². The zero-order chi connectivity index (χ0) is 7.28. The third kappa shape index (κ3) is 4.43. The number of hydrogen-bond donors (Lipinski definition) is 0. The van der Waals surface area contributed by atoms with Gasteiger partial charge in [-0.1, -0.05) is 0 Å². The van der Waals surface area contributed by atoms with Crippen LogP contribution >= 0.6 is 11.6 Å². The lowest BCUT2D eigenvalue weighted by molar-refractivity contribution is -0.119. The summed E-state index contributed by atoms with van der Waals surface area (Å²) in [5, 5.41) is 0. The van der Waals surface area contributed by atoms with Gasteiger partial charge in [-0.05, 0) is 6.92 Å². The molecule has 0 aromatic rings. The maximum atomic E-state index is 10.4. The minimum atomic E-state index is -0.107. The fraction of sp³-hybridized carbons (Fsp3) is 0.833. The van der Waals surface area contributed by atoms with Gasteiger partial charge >= 0.3 is 0 Å². The van der Waals surface area contributed by atoms with Crippen LogP contribution in [-0.2, 0) is 9.53 Å². The highest BCUT2D eigenvalue weighted by atomic mass is 35.5. The Kier molecular flexibility index (Phi) is 4.72. The molecule has 1 unspecified atom stereocenters. The predicted octanol–water partition coefficient (Wildman–Crippen LogP) is 1.22. The van der Waals surface area contributed by atoms with Crippen molar-refractivity contribution >= 4 is 17.4 Å². The quantitative estimate of drug-likeness (QED) is 0.564.